The van der Waals surface area contributed by atoms with Crippen molar-refractivity contribution in [3.05, 3.63) is 45.2 Å². The Balaban J connectivity index is 1.89. The molecule has 112 valence electrons. The summed E-state index contributed by atoms with van der Waals surface area (Å²) in [5.74, 6) is 0. The molecule has 0 radical (unpaired) electrons. The molecule has 0 aliphatic heterocycles. The van der Waals surface area contributed by atoms with E-state index in [0.717, 1.165) is 18.0 Å². The number of rotatable bonds is 6. The van der Waals surface area contributed by atoms with E-state index < -0.39 is 0 Å². The third-order valence-corrected chi connectivity index (χ3v) is 5.13. The maximum absolute atomic E-state index is 5.16. The Kier molecular flexibility index (Phi) is 4.63. The van der Waals surface area contributed by atoms with Crippen molar-refractivity contribution in [2.45, 2.75) is 32.2 Å². The molecule has 0 aromatic carbocycles. The summed E-state index contributed by atoms with van der Waals surface area (Å²) in [6.07, 6.45) is 7.35. The summed E-state index contributed by atoms with van der Waals surface area (Å²) in [5.41, 5.74) is 3.76. The van der Waals surface area contributed by atoms with Crippen molar-refractivity contribution < 1.29 is 4.74 Å². The van der Waals surface area contributed by atoms with E-state index >= 15 is 0 Å². The number of fused-ring (bicyclic) bond motifs is 1. The molecule has 0 spiro atoms. The number of aromatic nitrogens is 2. The van der Waals surface area contributed by atoms with Crippen LogP contribution in [0.3, 0.4) is 0 Å². The highest BCUT2D eigenvalue weighted by Crippen LogP contribution is 2.33. The average molecular weight is 303 g/mol. The molecular formula is C16H21N3OS. The lowest BCUT2D eigenvalue weighted by Gasteiger charge is -2.18. The second-order valence-corrected chi connectivity index (χ2v) is 6.50. The summed E-state index contributed by atoms with van der Waals surface area (Å²) in [6.45, 7) is 3.63. The van der Waals surface area contributed by atoms with Gasteiger partial charge in [0.15, 0.2) is 0 Å². The highest BCUT2D eigenvalue weighted by atomic mass is 32.1. The normalized spacial score (nSPS) is 15.1. The predicted molar refractivity (Wildman–Crippen MR) is 84.8 cm³/mol. The van der Waals surface area contributed by atoms with Gasteiger partial charge in [0.1, 0.15) is 5.01 Å². The van der Waals surface area contributed by atoms with Crippen LogP contribution < -0.4 is 5.32 Å². The summed E-state index contributed by atoms with van der Waals surface area (Å²) in [5, 5.41) is 4.72. The van der Waals surface area contributed by atoms with Crippen LogP contribution in [0.15, 0.2) is 18.5 Å². The highest BCUT2D eigenvalue weighted by Gasteiger charge is 2.24. The van der Waals surface area contributed by atoms with E-state index in [1.54, 1.807) is 7.11 Å². The summed E-state index contributed by atoms with van der Waals surface area (Å²) >= 11 is 1.85. The molecule has 0 saturated carbocycles. The molecule has 1 N–H and O–H groups in total. The van der Waals surface area contributed by atoms with Crippen LogP contribution in [-0.4, -0.2) is 30.2 Å². The highest BCUT2D eigenvalue weighted by molar-refractivity contribution is 7.11. The largest absolute Gasteiger partial charge is 0.383 e. The molecule has 1 aliphatic carbocycles. The van der Waals surface area contributed by atoms with Crippen molar-refractivity contribution in [1.82, 2.24) is 15.3 Å². The monoisotopic (exact) mass is 303 g/mol. The second-order valence-electron chi connectivity index (χ2n) is 5.39. The van der Waals surface area contributed by atoms with Crippen molar-refractivity contribution in [2.75, 3.05) is 20.3 Å². The first-order valence-corrected chi connectivity index (χ1v) is 8.22. The van der Waals surface area contributed by atoms with E-state index in [-0.39, 0.29) is 6.04 Å². The van der Waals surface area contributed by atoms with Crippen LogP contribution in [0.5, 0.6) is 0 Å². The minimum Gasteiger partial charge on any atom is -0.383 e. The molecule has 0 saturated heterocycles. The van der Waals surface area contributed by atoms with Gasteiger partial charge in [0.05, 0.1) is 18.3 Å². The van der Waals surface area contributed by atoms with Gasteiger partial charge >= 0.3 is 0 Å². The quantitative estimate of drug-likeness (QED) is 0.834. The molecule has 0 fully saturated rings. The van der Waals surface area contributed by atoms with Gasteiger partial charge in [0.25, 0.3) is 0 Å². The fourth-order valence-electron chi connectivity index (χ4n) is 2.75. The average Bonchev–Trinajstić information content (AvgIpc) is 3.06. The SMILES string of the molecule is COCCNC(c1nc2c(s1)CCC2)c1cnccc1C. The smallest absolute Gasteiger partial charge is 0.115 e. The Bertz CT molecular complexity index is 590. The maximum atomic E-state index is 5.16. The van der Waals surface area contributed by atoms with Crippen LogP contribution in [0.25, 0.3) is 0 Å². The first-order chi connectivity index (χ1) is 10.3. The molecule has 2 aromatic heterocycles. The second kappa shape index (κ2) is 6.64. The van der Waals surface area contributed by atoms with E-state index in [9.17, 15) is 0 Å². The van der Waals surface area contributed by atoms with Gasteiger partial charge in [-0.3, -0.25) is 4.98 Å². The minimum absolute atomic E-state index is 0.115. The van der Waals surface area contributed by atoms with Gasteiger partial charge < -0.3 is 10.1 Å². The molecule has 2 aromatic rings. The van der Waals surface area contributed by atoms with Crippen molar-refractivity contribution in [3.63, 3.8) is 0 Å². The maximum Gasteiger partial charge on any atom is 0.115 e. The first kappa shape index (κ1) is 14.6. The first-order valence-electron chi connectivity index (χ1n) is 7.41. The van der Waals surface area contributed by atoms with Crippen molar-refractivity contribution in [1.29, 1.82) is 0 Å². The van der Waals surface area contributed by atoms with Gasteiger partial charge in [-0.1, -0.05) is 0 Å². The Hall–Kier alpha value is -1.30. The molecule has 5 heteroatoms. The van der Waals surface area contributed by atoms with Crippen LogP contribution in [-0.2, 0) is 17.6 Å². The van der Waals surface area contributed by atoms with Crippen LogP contribution in [0.2, 0.25) is 0 Å². The lowest BCUT2D eigenvalue weighted by Crippen LogP contribution is -2.26. The minimum atomic E-state index is 0.115. The zero-order chi connectivity index (χ0) is 14.7. The Labute approximate surface area is 129 Å². The van der Waals surface area contributed by atoms with Crippen LogP contribution >= 0.6 is 11.3 Å². The van der Waals surface area contributed by atoms with Crippen molar-refractivity contribution in [2.24, 2.45) is 0 Å². The molecule has 1 atom stereocenters. The number of hydrogen-bond acceptors (Lipinski definition) is 5. The van der Waals surface area contributed by atoms with E-state index in [4.69, 9.17) is 9.72 Å². The topological polar surface area (TPSA) is 47.0 Å². The fourth-order valence-corrected chi connectivity index (χ4v) is 4.00. The summed E-state index contributed by atoms with van der Waals surface area (Å²) in [7, 11) is 1.73. The van der Waals surface area contributed by atoms with Gasteiger partial charge in [-0.15, -0.1) is 11.3 Å². The number of nitrogens with zero attached hydrogens (tertiary/aromatic N) is 2. The number of thiazole rings is 1. The standard InChI is InChI=1S/C16H21N3OS/c1-11-6-7-17-10-12(11)15(18-8-9-20-2)16-19-13-4-3-5-14(13)21-16/h6-7,10,15,18H,3-5,8-9H2,1-2H3. The summed E-state index contributed by atoms with van der Waals surface area (Å²) < 4.78 is 5.16. The molecule has 0 amide bonds. The fraction of sp³-hybridized carbons (Fsp3) is 0.500. The van der Waals surface area contributed by atoms with Gasteiger partial charge in [-0.2, -0.15) is 0 Å². The number of nitrogens with one attached hydrogen (secondary N) is 1. The number of hydrogen-bond donors (Lipinski definition) is 1. The molecule has 2 heterocycles. The summed E-state index contributed by atoms with van der Waals surface area (Å²) in [6, 6.07) is 2.17. The van der Waals surface area contributed by atoms with Gasteiger partial charge in [0, 0.05) is 30.9 Å². The van der Waals surface area contributed by atoms with E-state index in [1.165, 1.54) is 34.5 Å². The number of ether oxygens (including phenoxy) is 1. The van der Waals surface area contributed by atoms with Gasteiger partial charge in [-0.05, 0) is 43.4 Å². The van der Waals surface area contributed by atoms with Crippen molar-refractivity contribution >= 4 is 11.3 Å². The number of pyridine rings is 1. The molecule has 4 nitrogen and oxygen atoms in total. The molecule has 0 bridgehead atoms. The Morgan fingerprint density at radius 2 is 2.33 bits per heavy atom. The van der Waals surface area contributed by atoms with Crippen molar-refractivity contribution in [3.8, 4) is 0 Å². The number of methoxy groups -OCH3 is 1. The van der Waals surface area contributed by atoms with Crippen LogP contribution in [0.4, 0.5) is 0 Å². The van der Waals surface area contributed by atoms with E-state index in [1.807, 2.05) is 23.7 Å². The summed E-state index contributed by atoms with van der Waals surface area (Å²) in [4.78, 5) is 10.6. The number of aryl methyl sites for hydroxylation is 3. The molecule has 21 heavy (non-hydrogen) atoms. The van der Waals surface area contributed by atoms with Crippen LogP contribution in [0.1, 0.15) is 39.2 Å². The van der Waals surface area contributed by atoms with E-state index in [2.05, 4.69) is 23.3 Å². The van der Waals surface area contributed by atoms with Crippen LogP contribution in [0, 0.1) is 6.92 Å². The van der Waals surface area contributed by atoms with Gasteiger partial charge in [0.2, 0.25) is 0 Å². The molecule has 1 aliphatic rings. The van der Waals surface area contributed by atoms with Gasteiger partial charge in [-0.25, -0.2) is 4.98 Å². The molecule has 1 unspecified atom stereocenters. The third kappa shape index (κ3) is 3.15. The predicted octanol–water partition coefficient (Wildman–Crippen LogP) is 2.66. The third-order valence-electron chi connectivity index (χ3n) is 3.90. The molecule has 3 rings (SSSR count). The zero-order valence-corrected chi connectivity index (χ0v) is 13.4. The Morgan fingerprint density at radius 3 is 3.10 bits per heavy atom. The molecular weight excluding hydrogens is 282 g/mol. The lowest BCUT2D eigenvalue weighted by molar-refractivity contribution is 0.197. The zero-order valence-electron chi connectivity index (χ0n) is 12.6. The Morgan fingerprint density at radius 1 is 1.43 bits per heavy atom. The lowest BCUT2D eigenvalue weighted by atomic mass is 10.0. The van der Waals surface area contributed by atoms with E-state index in [0.29, 0.717) is 6.61 Å².